The first kappa shape index (κ1) is 14.0. The average Bonchev–Trinajstić information content (AvgIpc) is 2.78. The summed E-state index contributed by atoms with van der Waals surface area (Å²) in [7, 11) is 0. The first-order chi connectivity index (χ1) is 10.5. The first-order valence-electron chi connectivity index (χ1n) is 6.81. The highest BCUT2D eigenvalue weighted by Crippen LogP contribution is 2.31. The van der Waals surface area contributed by atoms with E-state index in [4.69, 9.17) is 5.11 Å². The van der Waals surface area contributed by atoms with Crippen molar-refractivity contribution in [2.45, 2.75) is 13.0 Å². The number of carboxylic acid groups (broad SMARTS) is 1. The number of imide groups is 1. The van der Waals surface area contributed by atoms with Crippen LogP contribution in [0.4, 0.5) is 0 Å². The van der Waals surface area contributed by atoms with Gasteiger partial charge in [-0.25, -0.2) is 4.79 Å². The molecule has 2 amide bonds. The van der Waals surface area contributed by atoms with E-state index < -0.39 is 23.8 Å². The largest absolute Gasteiger partial charge is 0.478 e. The number of amides is 2. The summed E-state index contributed by atoms with van der Waals surface area (Å²) in [6, 6.07) is 12.8. The summed E-state index contributed by atoms with van der Waals surface area (Å²) in [5.74, 6) is -1.98. The molecule has 0 spiro atoms. The Morgan fingerprint density at radius 3 is 2.27 bits per heavy atom. The zero-order valence-corrected chi connectivity index (χ0v) is 11.8. The quantitative estimate of drug-likeness (QED) is 0.883. The third kappa shape index (κ3) is 2.07. The lowest BCUT2D eigenvalue weighted by Crippen LogP contribution is -2.32. The van der Waals surface area contributed by atoms with Gasteiger partial charge in [0, 0.05) is 0 Å². The maximum atomic E-state index is 12.5. The van der Waals surface area contributed by atoms with Gasteiger partial charge in [-0.15, -0.1) is 0 Å². The highest BCUT2D eigenvalue weighted by Gasteiger charge is 2.39. The normalized spacial score (nSPS) is 14.9. The summed E-state index contributed by atoms with van der Waals surface area (Å²) < 4.78 is 0. The second kappa shape index (κ2) is 5.11. The van der Waals surface area contributed by atoms with Crippen LogP contribution in [0.25, 0.3) is 0 Å². The minimum atomic E-state index is -1.13. The molecule has 5 heteroatoms. The molecule has 0 fully saturated rings. The molecule has 110 valence electrons. The summed E-state index contributed by atoms with van der Waals surface area (Å²) >= 11 is 0. The Bertz CT molecular complexity index is 783. The van der Waals surface area contributed by atoms with Crippen LogP contribution in [0, 0.1) is 0 Å². The van der Waals surface area contributed by atoms with Crippen molar-refractivity contribution in [3.63, 3.8) is 0 Å². The standard InChI is InChI=1S/C17H13NO4/c1-10(11-5-3-2-4-6-11)18-15(19)13-8-7-12(17(21)22)9-14(13)16(18)20/h2-10H,1H3,(H,21,22)/t10-/m1/s1. The van der Waals surface area contributed by atoms with Gasteiger partial charge in [0.1, 0.15) is 0 Å². The van der Waals surface area contributed by atoms with Gasteiger partial charge >= 0.3 is 5.97 Å². The molecule has 0 saturated heterocycles. The fourth-order valence-corrected chi connectivity index (χ4v) is 2.62. The summed E-state index contributed by atoms with van der Waals surface area (Å²) in [6.07, 6.45) is 0. The van der Waals surface area contributed by atoms with Gasteiger partial charge in [-0.1, -0.05) is 30.3 Å². The second-order valence-corrected chi connectivity index (χ2v) is 5.13. The van der Waals surface area contributed by atoms with E-state index in [1.54, 1.807) is 6.92 Å². The van der Waals surface area contributed by atoms with Crippen molar-refractivity contribution < 1.29 is 19.5 Å². The van der Waals surface area contributed by atoms with Crippen LogP contribution in [-0.4, -0.2) is 27.8 Å². The van der Waals surface area contributed by atoms with Gasteiger partial charge < -0.3 is 5.11 Å². The zero-order valence-electron chi connectivity index (χ0n) is 11.8. The fraction of sp³-hybridized carbons (Fsp3) is 0.118. The molecular formula is C17H13NO4. The zero-order chi connectivity index (χ0) is 15.9. The van der Waals surface area contributed by atoms with Crippen molar-refractivity contribution in [1.82, 2.24) is 4.90 Å². The number of benzene rings is 2. The molecule has 2 aromatic rings. The van der Waals surface area contributed by atoms with Crippen LogP contribution in [0.2, 0.25) is 0 Å². The Kier molecular flexibility index (Phi) is 3.25. The fourth-order valence-electron chi connectivity index (χ4n) is 2.62. The summed E-state index contributed by atoms with van der Waals surface area (Å²) in [5, 5.41) is 9.01. The molecule has 1 aliphatic heterocycles. The van der Waals surface area contributed by atoms with Crippen molar-refractivity contribution in [3.8, 4) is 0 Å². The highest BCUT2D eigenvalue weighted by molar-refractivity contribution is 6.22. The number of hydrogen-bond acceptors (Lipinski definition) is 3. The molecule has 5 nitrogen and oxygen atoms in total. The Hall–Kier alpha value is -2.95. The van der Waals surface area contributed by atoms with Crippen LogP contribution in [0.3, 0.4) is 0 Å². The minimum absolute atomic E-state index is 0.00545. The first-order valence-corrected chi connectivity index (χ1v) is 6.81. The highest BCUT2D eigenvalue weighted by atomic mass is 16.4. The number of carboxylic acids is 1. The van der Waals surface area contributed by atoms with Crippen molar-refractivity contribution in [1.29, 1.82) is 0 Å². The molecule has 0 bridgehead atoms. The second-order valence-electron chi connectivity index (χ2n) is 5.13. The van der Waals surface area contributed by atoms with E-state index >= 15 is 0 Å². The van der Waals surface area contributed by atoms with Crippen molar-refractivity contribution in [2.24, 2.45) is 0 Å². The molecule has 1 N–H and O–H groups in total. The predicted molar refractivity (Wildman–Crippen MR) is 78.8 cm³/mol. The summed E-state index contributed by atoms with van der Waals surface area (Å²) in [5.41, 5.74) is 1.23. The lowest BCUT2D eigenvalue weighted by atomic mass is 10.1. The smallest absolute Gasteiger partial charge is 0.335 e. The van der Waals surface area contributed by atoms with Gasteiger partial charge in [-0.05, 0) is 30.7 Å². The van der Waals surface area contributed by atoms with Crippen LogP contribution in [0.1, 0.15) is 49.6 Å². The van der Waals surface area contributed by atoms with Gasteiger partial charge in [0.25, 0.3) is 11.8 Å². The van der Waals surface area contributed by atoms with E-state index in [1.165, 1.54) is 23.1 Å². The van der Waals surface area contributed by atoms with Crippen molar-refractivity contribution in [2.75, 3.05) is 0 Å². The number of rotatable bonds is 3. The maximum absolute atomic E-state index is 12.5. The number of carbonyl (C=O) groups excluding carboxylic acids is 2. The topological polar surface area (TPSA) is 74.7 Å². The Morgan fingerprint density at radius 2 is 1.64 bits per heavy atom. The van der Waals surface area contributed by atoms with Gasteiger partial charge in [0.05, 0.1) is 22.7 Å². The van der Waals surface area contributed by atoms with Crippen LogP contribution < -0.4 is 0 Å². The third-order valence-corrected chi connectivity index (χ3v) is 3.83. The van der Waals surface area contributed by atoms with Crippen molar-refractivity contribution in [3.05, 3.63) is 70.8 Å². The van der Waals surface area contributed by atoms with Crippen LogP contribution >= 0.6 is 0 Å². The molecule has 0 saturated carbocycles. The number of fused-ring (bicyclic) bond motifs is 1. The lowest BCUT2D eigenvalue weighted by molar-refractivity contribution is 0.0594. The lowest BCUT2D eigenvalue weighted by Gasteiger charge is -2.22. The van der Waals surface area contributed by atoms with E-state index in [1.807, 2.05) is 30.3 Å². The maximum Gasteiger partial charge on any atom is 0.335 e. The molecule has 1 heterocycles. The average molecular weight is 295 g/mol. The summed E-state index contributed by atoms with van der Waals surface area (Å²) in [6.45, 7) is 1.77. The molecule has 22 heavy (non-hydrogen) atoms. The molecule has 2 aromatic carbocycles. The van der Waals surface area contributed by atoms with Crippen LogP contribution in [0.15, 0.2) is 48.5 Å². The van der Waals surface area contributed by atoms with Gasteiger partial charge in [-0.2, -0.15) is 0 Å². The van der Waals surface area contributed by atoms with Crippen LogP contribution in [0.5, 0.6) is 0 Å². The molecule has 1 aliphatic rings. The molecule has 1 atom stereocenters. The SMILES string of the molecule is C[C@H](c1ccccc1)N1C(=O)c2ccc(C(=O)O)cc2C1=O. The van der Waals surface area contributed by atoms with E-state index in [2.05, 4.69) is 0 Å². The molecule has 0 aliphatic carbocycles. The van der Waals surface area contributed by atoms with Crippen LogP contribution in [-0.2, 0) is 0 Å². The Balaban J connectivity index is 2.01. The molecule has 0 unspecified atom stereocenters. The minimum Gasteiger partial charge on any atom is -0.478 e. The molecule has 0 radical (unpaired) electrons. The molecule has 0 aromatic heterocycles. The predicted octanol–water partition coefficient (Wildman–Crippen LogP) is 2.74. The van der Waals surface area contributed by atoms with Gasteiger partial charge in [0.15, 0.2) is 0 Å². The Labute approximate surface area is 126 Å². The number of hydrogen-bond donors (Lipinski definition) is 1. The van der Waals surface area contributed by atoms with Crippen molar-refractivity contribution >= 4 is 17.8 Å². The van der Waals surface area contributed by atoms with E-state index in [0.29, 0.717) is 0 Å². The molecular weight excluding hydrogens is 282 g/mol. The number of nitrogens with zero attached hydrogens (tertiary/aromatic N) is 1. The third-order valence-electron chi connectivity index (χ3n) is 3.83. The van der Waals surface area contributed by atoms with Gasteiger partial charge in [-0.3, -0.25) is 14.5 Å². The number of aromatic carboxylic acids is 1. The molecule has 3 rings (SSSR count). The summed E-state index contributed by atoms with van der Waals surface area (Å²) in [4.78, 5) is 37.2. The van der Waals surface area contributed by atoms with E-state index in [0.717, 1.165) is 5.56 Å². The van der Waals surface area contributed by atoms with E-state index in [9.17, 15) is 14.4 Å². The Morgan fingerprint density at radius 1 is 1.00 bits per heavy atom. The number of carbonyl (C=O) groups is 3. The van der Waals surface area contributed by atoms with Gasteiger partial charge in [0.2, 0.25) is 0 Å². The monoisotopic (exact) mass is 295 g/mol. The van der Waals surface area contributed by atoms with E-state index in [-0.39, 0.29) is 16.7 Å².